The second kappa shape index (κ2) is 8.17. The predicted molar refractivity (Wildman–Crippen MR) is 76.2 cm³/mol. The molecule has 2 aromatic rings. The van der Waals surface area contributed by atoms with Crippen molar-refractivity contribution in [1.82, 2.24) is 0 Å². The second-order valence-electron chi connectivity index (χ2n) is 4.21. The molecule has 0 atom stereocenters. The Morgan fingerprint density at radius 3 is 1.90 bits per heavy atom. The summed E-state index contributed by atoms with van der Waals surface area (Å²) in [6, 6.07) is 13.9. The summed E-state index contributed by atoms with van der Waals surface area (Å²) in [7, 11) is -4.18. The van der Waals surface area contributed by atoms with E-state index in [1.54, 1.807) is 48.5 Å². The molecule has 0 aliphatic carbocycles. The Morgan fingerprint density at radius 2 is 1.43 bits per heavy atom. The summed E-state index contributed by atoms with van der Waals surface area (Å²) in [5, 5.41) is 0.631. The molecule has 0 spiro atoms. The van der Waals surface area contributed by atoms with Crippen LogP contribution in [0.2, 0.25) is 5.02 Å². The van der Waals surface area contributed by atoms with E-state index in [0.717, 1.165) is 5.56 Å². The third-order valence-corrected chi connectivity index (χ3v) is 3.57. The molecule has 0 fully saturated rings. The summed E-state index contributed by atoms with van der Waals surface area (Å²) in [6.07, 6.45) is 0.201. The van der Waals surface area contributed by atoms with Crippen LogP contribution in [-0.2, 0) is 16.5 Å². The number of aryl methyl sites for hydroxylation is 1. The molecule has 0 aromatic heterocycles. The van der Waals surface area contributed by atoms with Crippen LogP contribution < -0.4 is 34.3 Å². The Morgan fingerprint density at radius 1 is 0.952 bits per heavy atom. The quantitative estimate of drug-likeness (QED) is 0.580. The SMILES string of the molecule is O=S(=O)([O-])CCc1ccc(Oc2ccc(Cl)cc2)cc1.[Na+]. The molecular weight excluding hydrogens is 323 g/mol. The van der Waals surface area contributed by atoms with Crippen LogP contribution in [0, 0.1) is 0 Å². The van der Waals surface area contributed by atoms with E-state index in [-0.39, 0.29) is 36.0 Å². The Hall–Kier alpha value is -0.560. The fourth-order valence-electron chi connectivity index (χ4n) is 1.61. The van der Waals surface area contributed by atoms with E-state index in [1.807, 2.05) is 0 Å². The second-order valence-corrected chi connectivity index (χ2v) is 6.17. The predicted octanol–water partition coefficient (Wildman–Crippen LogP) is 0.224. The summed E-state index contributed by atoms with van der Waals surface area (Å²) in [5.41, 5.74) is 0.771. The average Bonchev–Trinajstić information content (AvgIpc) is 2.40. The smallest absolute Gasteiger partial charge is 0.748 e. The molecule has 0 aliphatic rings. The van der Waals surface area contributed by atoms with Crippen LogP contribution in [0.1, 0.15) is 5.56 Å². The standard InChI is InChI=1S/C14H13ClO4S.Na/c15-12-3-7-14(8-4-12)19-13-5-1-11(2-6-13)9-10-20(16,17)18;/h1-8H,9-10H2,(H,16,17,18);/q;+1/p-1. The van der Waals surface area contributed by atoms with Crippen LogP contribution in [0.5, 0.6) is 11.5 Å². The number of rotatable bonds is 5. The summed E-state index contributed by atoms with van der Waals surface area (Å²) in [6.45, 7) is 0. The van der Waals surface area contributed by atoms with E-state index in [4.69, 9.17) is 16.3 Å². The van der Waals surface area contributed by atoms with Crippen molar-refractivity contribution >= 4 is 21.7 Å². The van der Waals surface area contributed by atoms with Gasteiger partial charge in [0.15, 0.2) is 0 Å². The minimum Gasteiger partial charge on any atom is -0.748 e. The van der Waals surface area contributed by atoms with Gasteiger partial charge >= 0.3 is 29.6 Å². The van der Waals surface area contributed by atoms with Gasteiger partial charge in [0.05, 0.1) is 10.1 Å². The third-order valence-electron chi connectivity index (χ3n) is 2.61. The summed E-state index contributed by atoms with van der Waals surface area (Å²) >= 11 is 5.78. The molecule has 7 heteroatoms. The van der Waals surface area contributed by atoms with Gasteiger partial charge in [-0.3, -0.25) is 0 Å². The average molecular weight is 335 g/mol. The first-order valence-corrected chi connectivity index (χ1v) is 7.84. The van der Waals surface area contributed by atoms with Crippen molar-refractivity contribution in [3.8, 4) is 11.5 Å². The molecule has 0 aliphatic heterocycles. The zero-order valence-electron chi connectivity index (χ0n) is 11.5. The molecule has 0 bridgehead atoms. The Bertz CT molecular complexity index is 669. The van der Waals surface area contributed by atoms with Crippen molar-refractivity contribution in [2.24, 2.45) is 0 Å². The van der Waals surface area contributed by atoms with Crippen LogP contribution in [0.15, 0.2) is 48.5 Å². The van der Waals surface area contributed by atoms with E-state index in [1.165, 1.54) is 0 Å². The van der Waals surface area contributed by atoms with Crippen molar-refractivity contribution in [2.75, 3.05) is 5.75 Å². The van der Waals surface area contributed by atoms with Crippen LogP contribution >= 0.6 is 11.6 Å². The maximum atomic E-state index is 10.5. The van der Waals surface area contributed by atoms with E-state index in [9.17, 15) is 13.0 Å². The molecule has 106 valence electrons. The molecular formula is C14H12ClNaO4S. The molecule has 0 saturated heterocycles. The first-order valence-electron chi connectivity index (χ1n) is 5.88. The number of hydrogen-bond donors (Lipinski definition) is 0. The van der Waals surface area contributed by atoms with Gasteiger partial charge in [0.1, 0.15) is 11.5 Å². The summed E-state index contributed by atoms with van der Waals surface area (Å²) in [5.74, 6) is 0.884. The topological polar surface area (TPSA) is 66.4 Å². The van der Waals surface area contributed by atoms with Crippen molar-refractivity contribution in [1.29, 1.82) is 0 Å². The molecule has 0 radical (unpaired) electrons. The van der Waals surface area contributed by atoms with Gasteiger partial charge < -0.3 is 9.29 Å². The monoisotopic (exact) mass is 334 g/mol. The Labute approximate surface area is 151 Å². The third kappa shape index (κ3) is 6.82. The molecule has 0 N–H and O–H groups in total. The maximum Gasteiger partial charge on any atom is 1.00 e. The van der Waals surface area contributed by atoms with Gasteiger partial charge in [-0.2, -0.15) is 0 Å². The van der Waals surface area contributed by atoms with Crippen molar-refractivity contribution in [2.45, 2.75) is 6.42 Å². The van der Waals surface area contributed by atoms with Crippen LogP contribution in [0.3, 0.4) is 0 Å². The van der Waals surface area contributed by atoms with E-state index >= 15 is 0 Å². The van der Waals surface area contributed by atoms with Gasteiger partial charge in [-0.15, -0.1) is 0 Å². The van der Waals surface area contributed by atoms with Gasteiger partial charge in [0.25, 0.3) is 0 Å². The first kappa shape index (κ1) is 18.5. The minimum atomic E-state index is -4.18. The van der Waals surface area contributed by atoms with Crippen molar-refractivity contribution in [3.63, 3.8) is 0 Å². The van der Waals surface area contributed by atoms with Gasteiger partial charge in [-0.05, 0) is 48.4 Å². The first-order chi connectivity index (χ1) is 9.42. The van der Waals surface area contributed by atoms with E-state index in [0.29, 0.717) is 16.5 Å². The number of ether oxygens (including phenoxy) is 1. The van der Waals surface area contributed by atoms with E-state index < -0.39 is 15.9 Å². The van der Waals surface area contributed by atoms with Crippen LogP contribution in [-0.4, -0.2) is 18.7 Å². The molecule has 4 nitrogen and oxygen atoms in total. The van der Waals surface area contributed by atoms with Gasteiger partial charge in [-0.1, -0.05) is 23.7 Å². The number of halogens is 1. The number of benzene rings is 2. The zero-order chi connectivity index (χ0) is 14.6. The largest absolute Gasteiger partial charge is 1.00 e. The van der Waals surface area contributed by atoms with E-state index in [2.05, 4.69) is 0 Å². The zero-order valence-corrected chi connectivity index (χ0v) is 15.0. The minimum absolute atomic E-state index is 0. The fraction of sp³-hybridized carbons (Fsp3) is 0.143. The maximum absolute atomic E-state index is 10.5. The molecule has 0 saturated carbocycles. The van der Waals surface area contributed by atoms with Crippen molar-refractivity contribution in [3.05, 3.63) is 59.1 Å². The number of hydrogen-bond acceptors (Lipinski definition) is 4. The van der Waals surface area contributed by atoms with Gasteiger partial charge in [-0.25, -0.2) is 8.42 Å². The van der Waals surface area contributed by atoms with Crippen LogP contribution in [0.25, 0.3) is 0 Å². The fourth-order valence-corrected chi connectivity index (χ4v) is 2.22. The molecule has 0 amide bonds. The molecule has 0 unspecified atom stereocenters. The molecule has 21 heavy (non-hydrogen) atoms. The van der Waals surface area contributed by atoms with Crippen molar-refractivity contribution < 1.29 is 47.3 Å². The summed E-state index contributed by atoms with van der Waals surface area (Å²) < 4.78 is 37.2. The Balaban J connectivity index is 0.00000220. The molecule has 2 aromatic carbocycles. The normalized spacial score (nSPS) is 10.8. The molecule has 0 heterocycles. The summed E-state index contributed by atoms with van der Waals surface area (Å²) in [4.78, 5) is 0. The van der Waals surface area contributed by atoms with Crippen LogP contribution in [0.4, 0.5) is 0 Å². The Kier molecular flexibility index (Phi) is 7.20. The van der Waals surface area contributed by atoms with Gasteiger partial charge in [0, 0.05) is 10.8 Å². The molecule has 2 rings (SSSR count). The van der Waals surface area contributed by atoms with Gasteiger partial charge in [0.2, 0.25) is 0 Å².